The van der Waals surface area contributed by atoms with E-state index in [-0.39, 0.29) is 5.82 Å². The number of anilines is 4. The zero-order valence-electron chi connectivity index (χ0n) is 19.2. The van der Waals surface area contributed by atoms with E-state index in [1.54, 1.807) is 18.5 Å². The third-order valence-electron chi connectivity index (χ3n) is 5.93. The summed E-state index contributed by atoms with van der Waals surface area (Å²) in [7, 11) is 0. The molecule has 178 valence electrons. The molecule has 1 aliphatic rings. The summed E-state index contributed by atoms with van der Waals surface area (Å²) >= 11 is 1.44. The average Bonchev–Trinajstić information content (AvgIpc) is 2.90. The molecule has 8 heteroatoms. The van der Waals surface area contributed by atoms with Crippen molar-refractivity contribution in [3.05, 3.63) is 84.9 Å². The molecule has 0 bridgehead atoms. The zero-order chi connectivity index (χ0) is 23.9. The van der Waals surface area contributed by atoms with Gasteiger partial charge in [-0.2, -0.15) is 0 Å². The maximum atomic E-state index is 14.9. The summed E-state index contributed by atoms with van der Waals surface area (Å²) in [5.74, 6) is 0.775. The van der Waals surface area contributed by atoms with Crippen molar-refractivity contribution in [2.45, 2.75) is 43.0 Å². The maximum absolute atomic E-state index is 14.9. The van der Waals surface area contributed by atoms with E-state index in [9.17, 15) is 4.39 Å². The van der Waals surface area contributed by atoms with E-state index >= 15 is 0 Å². The van der Waals surface area contributed by atoms with E-state index in [2.05, 4.69) is 25.3 Å². The lowest BCUT2D eigenvalue weighted by Crippen LogP contribution is -2.23. The highest BCUT2D eigenvalue weighted by Gasteiger charge is 2.16. The van der Waals surface area contributed by atoms with Crippen molar-refractivity contribution in [3.63, 3.8) is 0 Å². The molecule has 0 atom stereocenters. The summed E-state index contributed by atoms with van der Waals surface area (Å²) in [6, 6.07) is 20.9. The molecule has 5 rings (SSSR count). The van der Waals surface area contributed by atoms with Crippen LogP contribution >= 0.6 is 11.9 Å². The summed E-state index contributed by atoms with van der Waals surface area (Å²) in [5, 5.41) is 6.61. The third-order valence-corrected chi connectivity index (χ3v) is 6.78. The van der Waals surface area contributed by atoms with Crippen molar-refractivity contribution in [2.24, 2.45) is 0 Å². The molecule has 1 fully saturated rings. The van der Waals surface area contributed by atoms with E-state index in [0.717, 1.165) is 29.0 Å². The van der Waals surface area contributed by atoms with Crippen LogP contribution in [0.3, 0.4) is 0 Å². The van der Waals surface area contributed by atoms with Gasteiger partial charge in [0.25, 0.3) is 0 Å². The van der Waals surface area contributed by atoms with Crippen molar-refractivity contribution >= 4 is 35.1 Å². The normalized spacial score (nSPS) is 13.9. The van der Waals surface area contributed by atoms with Gasteiger partial charge in [-0.05, 0) is 73.3 Å². The first-order valence-electron chi connectivity index (χ1n) is 11.8. The fourth-order valence-electron chi connectivity index (χ4n) is 4.13. The molecule has 1 saturated carbocycles. The van der Waals surface area contributed by atoms with Gasteiger partial charge in [-0.25, -0.2) is 19.3 Å². The minimum atomic E-state index is -0.373. The first kappa shape index (κ1) is 23.1. The SMILES string of the molecule is Fc1cc(NSc2ccccc2)ccc1Nc1ncccc1-c1ccnc(NC2CCCCC2)n1. The summed E-state index contributed by atoms with van der Waals surface area (Å²) in [4.78, 5) is 14.6. The Bertz CT molecular complexity index is 1260. The number of rotatable bonds is 8. The zero-order valence-corrected chi connectivity index (χ0v) is 20.1. The van der Waals surface area contributed by atoms with E-state index in [1.807, 2.05) is 54.6 Å². The number of nitrogens with one attached hydrogen (secondary N) is 3. The first-order chi connectivity index (χ1) is 17.2. The minimum Gasteiger partial charge on any atom is -0.351 e. The number of benzene rings is 2. The average molecular weight is 487 g/mol. The number of nitrogens with zero attached hydrogens (tertiary/aromatic N) is 3. The summed E-state index contributed by atoms with van der Waals surface area (Å²) < 4.78 is 18.1. The number of hydrogen-bond donors (Lipinski definition) is 3. The number of halogens is 1. The molecule has 0 unspecified atom stereocenters. The molecule has 2 aromatic carbocycles. The molecule has 0 amide bonds. The fourth-order valence-corrected chi connectivity index (χ4v) is 4.79. The molecule has 3 N–H and O–H groups in total. The van der Waals surface area contributed by atoms with Crippen LogP contribution in [0.1, 0.15) is 32.1 Å². The van der Waals surface area contributed by atoms with Crippen LogP contribution in [0.15, 0.2) is 84.0 Å². The standard InChI is InChI=1S/C27H27FN6S/c28-23-18-20(34-35-21-10-5-2-6-11-21)13-14-25(23)32-26-22(12-7-16-29-26)24-15-17-30-27(33-24)31-19-8-3-1-4-9-19/h2,5-7,10-19,34H,1,3-4,8-9H2,(H,29,32)(H,30,31,33). The van der Waals surface area contributed by atoms with Gasteiger partial charge in [0.2, 0.25) is 5.95 Å². The Balaban J connectivity index is 1.31. The molecular weight excluding hydrogens is 459 g/mol. The molecule has 35 heavy (non-hydrogen) atoms. The van der Waals surface area contributed by atoms with Gasteiger partial charge in [0.1, 0.15) is 11.6 Å². The van der Waals surface area contributed by atoms with Crippen LogP contribution in [0.5, 0.6) is 0 Å². The molecular formula is C27H27FN6S. The lowest BCUT2D eigenvalue weighted by molar-refractivity contribution is 0.461. The first-order valence-corrected chi connectivity index (χ1v) is 12.7. The molecule has 2 aromatic heterocycles. The molecule has 0 aliphatic heterocycles. The van der Waals surface area contributed by atoms with Crippen LogP contribution in [-0.4, -0.2) is 21.0 Å². The Morgan fingerprint density at radius 1 is 0.857 bits per heavy atom. The molecule has 0 spiro atoms. The highest BCUT2D eigenvalue weighted by molar-refractivity contribution is 8.00. The highest BCUT2D eigenvalue weighted by Crippen LogP contribution is 2.31. The lowest BCUT2D eigenvalue weighted by atomic mass is 9.96. The van der Waals surface area contributed by atoms with E-state index in [1.165, 1.54) is 37.3 Å². The molecule has 2 heterocycles. The Hall–Kier alpha value is -3.65. The van der Waals surface area contributed by atoms with Gasteiger partial charge >= 0.3 is 0 Å². The second kappa shape index (κ2) is 11.2. The molecule has 0 saturated heterocycles. The van der Waals surface area contributed by atoms with Crippen molar-refractivity contribution in [2.75, 3.05) is 15.4 Å². The summed E-state index contributed by atoms with van der Waals surface area (Å²) in [6.07, 6.45) is 9.47. The molecule has 0 radical (unpaired) electrons. The van der Waals surface area contributed by atoms with Crippen LogP contribution in [0.2, 0.25) is 0 Å². The van der Waals surface area contributed by atoms with Crippen LogP contribution in [0.4, 0.5) is 27.5 Å². The Morgan fingerprint density at radius 2 is 1.71 bits per heavy atom. The monoisotopic (exact) mass is 486 g/mol. The predicted octanol–water partition coefficient (Wildman–Crippen LogP) is 7.29. The van der Waals surface area contributed by atoms with Crippen molar-refractivity contribution in [1.82, 2.24) is 15.0 Å². The lowest BCUT2D eigenvalue weighted by Gasteiger charge is -2.22. The predicted molar refractivity (Wildman–Crippen MR) is 141 cm³/mol. The Labute approximate surface area is 209 Å². The quantitative estimate of drug-likeness (QED) is 0.226. The van der Waals surface area contributed by atoms with Gasteiger partial charge < -0.3 is 15.4 Å². The summed E-state index contributed by atoms with van der Waals surface area (Å²) in [6.45, 7) is 0. The van der Waals surface area contributed by atoms with Gasteiger partial charge in [-0.1, -0.05) is 37.5 Å². The second-order valence-electron chi connectivity index (χ2n) is 8.48. The van der Waals surface area contributed by atoms with Crippen LogP contribution < -0.4 is 15.4 Å². The van der Waals surface area contributed by atoms with Crippen molar-refractivity contribution in [3.8, 4) is 11.3 Å². The molecule has 6 nitrogen and oxygen atoms in total. The topological polar surface area (TPSA) is 74.8 Å². The van der Waals surface area contributed by atoms with Gasteiger partial charge in [-0.15, -0.1) is 0 Å². The Kier molecular flexibility index (Phi) is 7.38. The molecule has 4 aromatic rings. The van der Waals surface area contributed by atoms with Crippen LogP contribution in [0.25, 0.3) is 11.3 Å². The van der Waals surface area contributed by atoms with Gasteiger partial charge in [0.05, 0.1) is 11.4 Å². The van der Waals surface area contributed by atoms with Gasteiger partial charge in [-0.3, -0.25) is 0 Å². The largest absolute Gasteiger partial charge is 0.351 e. The smallest absolute Gasteiger partial charge is 0.223 e. The maximum Gasteiger partial charge on any atom is 0.223 e. The third kappa shape index (κ3) is 6.08. The minimum absolute atomic E-state index is 0.342. The van der Waals surface area contributed by atoms with Gasteiger partial charge in [0.15, 0.2) is 0 Å². The highest BCUT2D eigenvalue weighted by atomic mass is 32.2. The van der Waals surface area contributed by atoms with Crippen LogP contribution in [0, 0.1) is 5.82 Å². The molecule has 1 aliphatic carbocycles. The number of aromatic nitrogens is 3. The van der Waals surface area contributed by atoms with E-state index < -0.39 is 0 Å². The second-order valence-corrected chi connectivity index (χ2v) is 9.36. The Morgan fingerprint density at radius 3 is 2.54 bits per heavy atom. The number of pyridine rings is 1. The van der Waals surface area contributed by atoms with Crippen LogP contribution in [-0.2, 0) is 0 Å². The number of hydrogen-bond acceptors (Lipinski definition) is 7. The fraction of sp³-hybridized carbons (Fsp3) is 0.222. The summed E-state index contributed by atoms with van der Waals surface area (Å²) in [5.41, 5.74) is 2.53. The van der Waals surface area contributed by atoms with E-state index in [4.69, 9.17) is 4.98 Å². The van der Waals surface area contributed by atoms with E-state index in [0.29, 0.717) is 29.2 Å². The van der Waals surface area contributed by atoms with Crippen molar-refractivity contribution < 1.29 is 4.39 Å². The van der Waals surface area contributed by atoms with Crippen molar-refractivity contribution in [1.29, 1.82) is 0 Å². The van der Waals surface area contributed by atoms with Gasteiger partial charge in [0, 0.05) is 34.6 Å².